The maximum absolute atomic E-state index is 13.4. The number of halogens is 1. The molecule has 0 unspecified atom stereocenters. The lowest BCUT2D eigenvalue weighted by molar-refractivity contribution is 0.252. The first kappa shape index (κ1) is 13.5. The van der Waals surface area contributed by atoms with Crippen LogP contribution < -0.4 is 5.73 Å². The topological polar surface area (TPSA) is 26.0 Å². The Labute approximate surface area is 110 Å². The van der Waals surface area contributed by atoms with Gasteiger partial charge in [-0.3, -0.25) is 0 Å². The van der Waals surface area contributed by atoms with E-state index in [1.54, 1.807) is 12.1 Å². The quantitative estimate of drug-likeness (QED) is 0.806. The molecule has 1 saturated carbocycles. The van der Waals surface area contributed by atoms with Gasteiger partial charge in [0.2, 0.25) is 0 Å². The fourth-order valence-corrected chi connectivity index (χ4v) is 3.17. The van der Waals surface area contributed by atoms with Gasteiger partial charge in [0.1, 0.15) is 5.82 Å². The van der Waals surface area contributed by atoms with Crippen molar-refractivity contribution in [2.24, 2.45) is 11.1 Å². The van der Waals surface area contributed by atoms with E-state index in [1.165, 1.54) is 44.1 Å². The summed E-state index contributed by atoms with van der Waals surface area (Å²) in [5.74, 6) is -0.128. The molecule has 0 atom stereocenters. The summed E-state index contributed by atoms with van der Waals surface area (Å²) in [4.78, 5) is 0. The third-order valence-electron chi connectivity index (χ3n) is 4.47. The molecule has 2 N–H and O–H groups in total. The van der Waals surface area contributed by atoms with Crippen LogP contribution in [-0.4, -0.2) is 6.54 Å². The first-order valence-electron chi connectivity index (χ1n) is 7.10. The van der Waals surface area contributed by atoms with Crippen molar-refractivity contribution >= 4 is 0 Å². The van der Waals surface area contributed by atoms with E-state index in [0.29, 0.717) is 0 Å². The highest BCUT2D eigenvalue weighted by Crippen LogP contribution is 2.37. The molecule has 2 heteroatoms. The van der Waals surface area contributed by atoms with Gasteiger partial charge in [0.25, 0.3) is 0 Å². The molecule has 0 spiro atoms. The zero-order valence-electron chi connectivity index (χ0n) is 11.3. The molecule has 0 saturated heterocycles. The van der Waals surface area contributed by atoms with E-state index in [4.69, 9.17) is 5.73 Å². The molecule has 0 aromatic heterocycles. The maximum Gasteiger partial charge on any atom is 0.123 e. The Morgan fingerprint density at radius 3 is 2.44 bits per heavy atom. The minimum Gasteiger partial charge on any atom is -0.330 e. The number of nitrogens with two attached hydrogens (primary N) is 1. The molecule has 1 aliphatic rings. The van der Waals surface area contributed by atoms with Crippen molar-refractivity contribution in [3.05, 3.63) is 35.1 Å². The van der Waals surface area contributed by atoms with Crippen LogP contribution in [0.1, 0.15) is 49.7 Å². The minimum absolute atomic E-state index is 0.128. The van der Waals surface area contributed by atoms with Crippen LogP contribution in [0.3, 0.4) is 0 Å². The first-order chi connectivity index (χ1) is 8.65. The van der Waals surface area contributed by atoms with Gasteiger partial charge in [0.05, 0.1) is 0 Å². The standard InChI is InChI=1S/C16H24FN/c1-13-6-7-15(17)10-14(13)11-16(12-18)8-4-2-3-5-9-16/h6-7,10H,2-5,8-9,11-12,18H2,1H3. The van der Waals surface area contributed by atoms with Gasteiger partial charge in [0, 0.05) is 0 Å². The molecule has 1 aromatic rings. The molecule has 1 aliphatic carbocycles. The second-order valence-electron chi connectivity index (χ2n) is 5.87. The Hall–Kier alpha value is -0.890. The molecular formula is C16H24FN. The van der Waals surface area contributed by atoms with E-state index >= 15 is 0 Å². The fraction of sp³-hybridized carbons (Fsp3) is 0.625. The van der Waals surface area contributed by atoms with Gasteiger partial charge in [-0.25, -0.2) is 4.39 Å². The van der Waals surface area contributed by atoms with Crippen LogP contribution in [0.2, 0.25) is 0 Å². The molecule has 0 bridgehead atoms. The van der Waals surface area contributed by atoms with Crippen molar-refractivity contribution in [2.45, 2.75) is 51.9 Å². The average Bonchev–Trinajstić information content (AvgIpc) is 2.60. The second kappa shape index (κ2) is 5.83. The summed E-state index contributed by atoms with van der Waals surface area (Å²) in [6.07, 6.45) is 8.51. The average molecular weight is 249 g/mol. The highest BCUT2D eigenvalue weighted by Gasteiger charge is 2.30. The van der Waals surface area contributed by atoms with Crippen molar-refractivity contribution in [3.8, 4) is 0 Å². The molecule has 1 fully saturated rings. The molecule has 2 rings (SSSR count). The molecule has 1 aromatic carbocycles. The molecule has 1 nitrogen and oxygen atoms in total. The second-order valence-corrected chi connectivity index (χ2v) is 5.87. The van der Waals surface area contributed by atoms with Gasteiger partial charge >= 0.3 is 0 Å². The third kappa shape index (κ3) is 3.11. The minimum atomic E-state index is -0.128. The van der Waals surface area contributed by atoms with Crippen molar-refractivity contribution in [3.63, 3.8) is 0 Å². The van der Waals surface area contributed by atoms with Gasteiger partial charge in [-0.15, -0.1) is 0 Å². The summed E-state index contributed by atoms with van der Waals surface area (Å²) in [6.45, 7) is 2.79. The van der Waals surface area contributed by atoms with Gasteiger partial charge in [0.15, 0.2) is 0 Å². The molecule has 0 heterocycles. The van der Waals surface area contributed by atoms with Crippen LogP contribution >= 0.6 is 0 Å². The molecule has 0 amide bonds. The normalized spacial score (nSPS) is 19.5. The Balaban J connectivity index is 2.20. The van der Waals surface area contributed by atoms with Crippen molar-refractivity contribution in [2.75, 3.05) is 6.54 Å². The van der Waals surface area contributed by atoms with Crippen molar-refractivity contribution < 1.29 is 4.39 Å². The highest BCUT2D eigenvalue weighted by molar-refractivity contribution is 5.27. The Morgan fingerprint density at radius 2 is 1.83 bits per heavy atom. The lowest BCUT2D eigenvalue weighted by Gasteiger charge is -2.32. The predicted molar refractivity (Wildman–Crippen MR) is 74.0 cm³/mol. The SMILES string of the molecule is Cc1ccc(F)cc1CC1(CN)CCCCCC1. The van der Waals surface area contributed by atoms with Crippen molar-refractivity contribution in [1.82, 2.24) is 0 Å². The van der Waals surface area contributed by atoms with Gasteiger partial charge in [-0.1, -0.05) is 31.7 Å². The summed E-state index contributed by atoms with van der Waals surface area (Å²) in [5, 5.41) is 0. The van der Waals surface area contributed by atoms with E-state index in [1.807, 2.05) is 6.07 Å². The number of rotatable bonds is 3. The third-order valence-corrected chi connectivity index (χ3v) is 4.47. The smallest absolute Gasteiger partial charge is 0.123 e. The van der Waals surface area contributed by atoms with Crippen LogP contribution in [-0.2, 0) is 6.42 Å². The van der Waals surface area contributed by atoms with E-state index in [-0.39, 0.29) is 11.2 Å². The Morgan fingerprint density at radius 1 is 1.17 bits per heavy atom. The zero-order chi connectivity index (χ0) is 13.0. The Bertz CT molecular complexity index is 392. The van der Waals surface area contributed by atoms with Crippen LogP contribution in [0.25, 0.3) is 0 Å². The lowest BCUT2D eigenvalue weighted by atomic mass is 9.75. The van der Waals surface area contributed by atoms with Gasteiger partial charge in [-0.2, -0.15) is 0 Å². The summed E-state index contributed by atoms with van der Waals surface area (Å²) in [5.41, 5.74) is 8.58. The van der Waals surface area contributed by atoms with E-state index in [9.17, 15) is 4.39 Å². The fourth-order valence-electron chi connectivity index (χ4n) is 3.17. The zero-order valence-corrected chi connectivity index (χ0v) is 11.3. The molecular weight excluding hydrogens is 225 g/mol. The summed E-state index contributed by atoms with van der Waals surface area (Å²) in [6, 6.07) is 5.12. The molecule has 0 radical (unpaired) electrons. The summed E-state index contributed by atoms with van der Waals surface area (Å²) < 4.78 is 13.4. The number of aryl methyl sites for hydroxylation is 1. The van der Waals surface area contributed by atoms with Crippen LogP contribution in [0, 0.1) is 18.2 Å². The predicted octanol–water partition coefficient (Wildman–Crippen LogP) is 3.98. The summed E-state index contributed by atoms with van der Waals surface area (Å²) in [7, 11) is 0. The van der Waals surface area contributed by atoms with Crippen LogP contribution in [0.5, 0.6) is 0 Å². The van der Waals surface area contributed by atoms with E-state index < -0.39 is 0 Å². The van der Waals surface area contributed by atoms with Crippen LogP contribution in [0.4, 0.5) is 4.39 Å². The largest absolute Gasteiger partial charge is 0.330 e. The maximum atomic E-state index is 13.4. The number of hydrogen-bond donors (Lipinski definition) is 1. The van der Waals surface area contributed by atoms with Crippen molar-refractivity contribution in [1.29, 1.82) is 0 Å². The number of hydrogen-bond acceptors (Lipinski definition) is 1. The monoisotopic (exact) mass is 249 g/mol. The van der Waals surface area contributed by atoms with E-state index in [2.05, 4.69) is 6.92 Å². The molecule has 0 aliphatic heterocycles. The Kier molecular flexibility index (Phi) is 4.39. The molecule has 100 valence electrons. The highest BCUT2D eigenvalue weighted by atomic mass is 19.1. The number of benzene rings is 1. The van der Waals surface area contributed by atoms with Gasteiger partial charge in [-0.05, 0) is 61.4 Å². The van der Waals surface area contributed by atoms with Crippen LogP contribution in [0.15, 0.2) is 18.2 Å². The first-order valence-corrected chi connectivity index (χ1v) is 7.10. The van der Waals surface area contributed by atoms with Gasteiger partial charge < -0.3 is 5.73 Å². The lowest BCUT2D eigenvalue weighted by Crippen LogP contribution is -2.32. The summed E-state index contributed by atoms with van der Waals surface area (Å²) >= 11 is 0. The van der Waals surface area contributed by atoms with E-state index in [0.717, 1.165) is 18.5 Å². The molecule has 18 heavy (non-hydrogen) atoms.